The molecule has 0 heterocycles. The van der Waals surface area contributed by atoms with Crippen molar-refractivity contribution in [1.82, 2.24) is 24.9 Å². The predicted molar refractivity (Wildman–Crippen MR) is 415 cm³/mol. The van der Waals surface area contributed by atoms with Crippen molar-refractivity contribution in [3.63, 3.8) is 0 Å². The van der Waals surface area contributed by atoms with Crippen molar-refractivity contribution in [3.05, 3.63) is 48.6 Å². The number of allylic oxidation sites excluding steroid dienone is 8. The standard InChI is InChI=1S/C84H159N7O5/c1-5-9-13-17-21-25-29-33-37-41-45-49-53-57-61-65-71-88(76-80(86)92)82(94)78-90(73-67-63-59-55-51-47-43-39-35-31-27-23-19-15-11-7-3)84(96)79-91(74-68-64-60-56-52-48-44-40-36-32-28-24-20-16-12-8-4)83(95)77-89(81(93)75-87-70-69-85)72-66-62-58-54-50-46-42-38-34-30-26-22-18-14-10-6-2/h33-40,87H,5-32,41-79,85H2,1-4H3,(H2,86,92)/b37-33-,38-34-,39-35-,40-36-. The van der Waals surface area contributed by atoms with Gasteiger partial charge in [0.2, 0.25) is 29.5 Å². The summed E-state index contributed by atoms with van der Waals surface area (Å²) in [7, 11) is 0. The van der Waals surface area contributed by atoms with Crippen LogP contribution in [-0.4, -0.2) is 121 Å². The molecule has 0 atom stereocenters. The average molecular weight is 1350 g/mol. The Hall–Kier alpha value is -3.77. The Bertz CT molecular complexity index is 1850. The first-order chi connectivity index (χ1) is 47.1. The van der Waals surface area contributed by atoms with E-state index in [4.69, 9.17) is 11.5 Å². The Morgan fingerprint density at radius 2 is 0.448 bits per heavy atom. The molecule has 0 aliphatic heterocycles. The van der Waals surface area contributed by atoms with E-state index in [1.165, 1.54) is 225 Å². The number of nitrogens with one attached hydrogen (secondary N) is 1. The molecule has 0 radical (unpaired) electrons. The molecule has 5 N–H and O–H groups in total. The minimum atomic E-state index is -0.568. The molecule has 0 saturated heterocycles. The largest absolute Gasteiger partial charge is 0.368 e. The van der Waals surface area contributed by atoms with Crippen LogP contribution in [0.15, 0.2) is 48.6 Å². The number of nitrogens with two attached hydrogens (primary N) is 2. The maximum absolute atomic E-state index is 14.9. The minimum Gasteiger partial charge on any atom is -0.368 e. The van der Waals surface area contributed by atoms with E-state index < -0.39 is 5.91 Å². The molecule has 0 aromatic rings. The Morgan fingerprint density at radius 3 is 0.656 bits per heavy atom. The van der Waals surface area contributed by atoms with E-state index in [9.17, 15) is 24.0 Å². The highest BCUT2D eigenvalue weighted by Gasteiger charge is 2.27. The summed E-state index contributed by atoms with van der Waals surface area (Å²) in [6, 6.07) is 0. The highest BCUT2D eigenvalue weighted by atomic mass is 16.2. The monoisotopic (exact) mass is 1350 g/mol. The number of primary amides is 1. The zero-order valence-electron chi connectivity index (χ0n) is 64.0. The summed E-state index contributed by atoms with van der Waals surface area (Å²) >= 11 is 0. The van der Waals surface area contributed by atoms with Crippen LogP contribution in [0.25, 0.3) is 0 Å². The van der Waals surface area contributed by atoms with Gasteiger partial charge in [0, 0.05) is 39.3 Å². The minimum absolute atomic E-state index is 0.0933. The van der Waals surface area contributed by atoms with Crippen molar-refractivity contribution < 1.29 is 24.0 Å². The first-order valence-corrected chi connectivity index (χ1v) is 41.5. The fraction of sp³-hybridized carbons (Fsp3) is 0.845. The molecule has 0 aliphatic carbocycles. The zero-order chi connectivity index (χ0) is 69.9. The third-order valence-corrected chi connectivity index (χ3v) is 19.1. The van der Waals surface area contributed by atoms with Crippen molar-refractivity contribution in [1.29, 1.82) is 0 Å². The van der Waals surface area contributed by atoms with Gasteiger partial charge in [0.15, 0.2) is 0 Å². The van der Waals surface area contributed by atoms with Gasteiger partial charge in [-0.2, -0.15) is 0 Å². The van der Waals surface area contributed by atoms with Gasteiger partial charge >= 0.3 is 0 Å². The maximum atomic E-state index is 14.9. The number of hydrogen-bond donors (Lipinski definition) is 3. The van der Waals surface area contributed by atoms with E-state index in [1.54, 1.807) is 19.6 Å². The maximum Gasteiger partial charge on any atom is 0.242 e. The highest BCUT2D eigenvalue weighted by Crippen LogP contribution is 2.17. The van der Waals surface area contributed by atoms with E-state index in [-0.39, 0.29) is 56.4 Å². The average Bonchev–Trinajstić information content (AvgIpc) is 0.992. The number of carbonyl (C=O) groups is 5. The number of nitrogens with zero attached hydrogens (tertiary/aromatic N) is 4. The smallest absolute Gasteiger partial charge is 0.242 e. The molecule has 0 bridgehead atoms. The van der Waals surface area contributed by atoms with Crippen molar-refractivity contribution in [2.45, 2.75) is 387 Å². The summed E-state index contributed by atoms with van der Waals surface area (Å²) in [5.41, 5.74) is 11.6. The van der Waals surface area contributed by atoms with Gasteiger partial charge in [0.25, 0.3) is 0 Å². The van der Waals surface area contributed by atoms with Gasteiger partial charge in [-0.15, -0.1) is 0 Å². The summed E-state index contributed by atoms with van der Waals surface area (Å²) in [5, 5.41) is 3.16. The molecule has 0 saturated carbocycles. The Kier molecular flexibility index (Phi) is 72.5. The van der Waals surface area contributed by atoms with Gasteiger partial charge in [-0.3, -0.25) is 24.0 Å². The Balaban J connectivity index is 6.17. The normalized spacial score (nSPS) is 11.8. The molecule has 12 nitrogen and oxygen atoms in total. The fourth-order valence-electron chi connectivity index (χ4n) is 12.8. The van der Waals surface area contributed by atoms with Crippen LogP contribution in [0.3, 0.4) is 0 Å². The zero-order valence-corrected chi connectivity index (χ0v) is 64.0. The molecular weight excluding hydrogens is 1190 g/mol. The Labute approximate surface area is 594 Å². The molecule has 560 valence electrons. The van der Waals surface area contributed by atoms with E-state index in [0.29, 0.717) is 39.3 Å². The lowest BCUT2D eigenvalue weighted by Gasteiger charge is -2.31. The lowest BCUT2D eigenvalue weighted by Crippen LogP contribution is -2.51. The summed E-state index contributed by atoms with van der Waals surface area (Å²) in [6.07, 6.45) is 85.0. The lowest BCUT2D eigenvalue weighted by molar-refractivity contribution is -0.146. The first kappa shape index (κ1) is 92.2. The second kappa shape index (κ2) is 75.4. The van der Waals surface area contributed by atoms with Crippen molar-refractivity contribution in [2.24, 2.45) is 11.5 Å². The number of rotatable bonds is 76. The van der Waals surface area contributed by atoms with Crippen LogP contribution in [0, 0.1) is 0 Å². The van der Waals surface area contributed by atoms with E-state index in [0.717, 1.165) is 135 Å². The fourth-order valence-corrected chi connectivity index (χ4v) is 12.8. The number of unbranched alkanes of at least 4 members (excludes halogenated alkanes) is 48. The van der Waals surface area contributed by atoms with Crippen LogP contribution in [-0.2, 0) is 24.0 Å². The second-order valence-corrected chi connectivity index (χ2v) is 28.4. The van der Waals surface area contributed by atoms with Gasteiger partial charge in [-0.1, -0.05) is 307 Å². The van der Waals surface area contributed by atoms with Gasteiger partial charge in [-0.05, 0) is 128 Å². The predicted octanol–water partition coefficient (Wildman–Crippen LogP) is 21.5. The van der Waals surface area contributed by atoms with Crippen molar-refractivity contribution in [2.75, 3.05) is 72.0 Å². The van der Waals surface area contributed by atoms with Crippen LogP contribution in [0.5, 0.6) is 0 Å². The van der Waals surface area contributed by atoms with Crippen LogP contribution in [0.1, 0.15) is 387 Å². The van der Waals surface area contributed by atoms with E-state index >= 15 is 0 Å². The van der Waals surface area contributed by atoms with Gasteiger partial charge in [-0.25, -0.2) is 0 Å². The number of carbonyl (C=O) groups excluding carboxylic acids is 5. The van der Waals surface area contributed by atoms with Crippen LogP contribution < -0.4 is 16.8 Å². The summed E-state index contributed by atoms with van der Waals surface area (Å²) < 4.78 is 0. The quantitative estimate of drug-likeness (QED) is 0.0403. The first-order valence-electron chi connectivity index (χ1n) is 41.5. The summed E-state index contributed by atoms with van der Waals surface area (Å²) in [6.45, 7) is 11.1. The lowest BCUT2D eigenvalue weighted by atomic mass is 10.1. The van der Waals surface area contributed by atoms with Crippen LogP contribution in [0.4, 0.5) is 0 Å². The summed E-state index contributed by atoms with van der Waals surface area (Å²) in [4.78, 5) is 77.1. The molecule has 0 aromatic carbocycles. The Morgan fingerprint density at radius 1 is 0.260 bits per heavy atom. The molecule has 96 heavy (non-hydrogen) atoms. The van der Waals surface area contributed by atoms with Crippen LogP contribution in [0.2, 0.25) is 0 Å². The van der Waals surface area contributed by atoms with Crippen molar-refractivity contribution >= 4 is 29.5 Å². The van der Waals surface area contributed by atoms with Gasteiger partial charge in [0.1, 0.15) is 0 Å². The van der Waals surface area contributed by atoms with E-state index in [1.807, 2.05) is 0 Å². The third kappa shape index (κ3) is 64.9. The second-order valence-electron chi connectivity index (χ2n) is 28.4. The van der Waals surface area contributed by atoms with Crippen LogP contribution >= 0.6 is 0 Å². The van der Waals surface area contributed by atoms with E-state index in [2.05, 4.69) is 81.6 Å². The highest BCUT2D eigenvalue weighted by molar-refractivity contribution is 5.91. The van der Waals surface area contributed by atoms with Gasteiger partial charge < -0.3 is 36.4 Å². The molecule has 0 aliphatic rings. The van der Waals surface area contributed by atoms with Gasteiger partial charge in [0.05, 0.1) is 32.7 Å². The SMILES string of the molecule is CCCCCCCC/C=C\CCCCCCCCN(CC(N)=O)C(=O)CN(CCCCCCCC/C=C\CCCCCCCC)C(=O)CN(CCCCCCCC/C=C\CCCCCCCC)C(=O)CN(CCCCCCCC/C=C\CCCCCCCC)C(=O)CNCCN. The number of amides is 5. The third-order valence-electron chi connectivity index (χ3n) is 19.1. The molecule has 12 heteroatoms. The molecule has 0 unspecified atom stereocenters. The molecule has 5 amide bonds. The molecular formula is C84H159N7O5. The topological polar surface area (TPSA) is 162 Å². The molecule has 0 aromatic heterocycles. The summed E-state index contributed by atoms with van der Waals surface area (Å²) in [5.74, 6) is -1.52. The van der Waals surface area contributed by atoms with Crippen molar-refractivity contribution in [3.8, 4) is 0 Å². The number of hydrogen-bond acceptors (Lipinski definition) is 7. The molecule has 0 fully saturated rings. The molecule has 0 spiro atoms. The molecule has 0 rings (SSSR count).